The molecule has 0 aromatic heterocycles. The van der Waals surface area contributed by atoms with Crippen LogP contribution in [0.3, 0.4) is 0 Å². The molecule has 1 aliphatic rings. The highest BCUT2D eigenvalue weighted by molar-refractivity contribution is 5.94. The van der Waals surface area contributed by atoms with Gasteiger partial charge in [-0.2, -0.15) is 13.2 Å². The molecule has 1 aromatic rings. The zero-order valence-electron chi connectivity index (χ0n) is 13.5. The third kappa shape index (κ3) is 4.25. The van der Waals surface area contributed by atoms with Gasteiger partial charge in [-0.25, -0.2) is 0 Å². The molecule has 0 bridgehead atoms. The van der Waals surface area contributed by atoms with Crippen molar-refractivity contribution in [3.05, 3.63) is 35.4 Å². The minimum absolute atomic E-state index is 0.0557. The van der Waals surface area contributed by atoms with E-state index in [1.54, 1.807) is 0 Å². The van der Waals surface area contributed by atoms with Crippen molar-refractivity contribution in [3.63, 3.8) is 0 Å². The number of benzene rings is 1. The molecule has 1 saturated carbocycles. The molecule has 0 unspecified atom stereocenters. The van der Waals surface area contributed by atoms with Crippen molar-refractivity contribution in [2.75, 3.05) is 20.6 Å². The van der Waals surface area contributed by atoms with Gasteiger partial charge < -0.3 is 10.2 Å². The number of carbonyl (C=O) groups is 1. The first kappa shape index (κ1) is 17.8. The molecule has 0 spiro atoms. The van der Waals surface area contributed by atoms with E-state index >= 15 is 0 Å². The summed E-state index contributed by atoms with van der Waals surface area (Å²) < 4.78 is 37.6. The maximum absolute atomic E-state index is 12.5. The van der Waals surface area contributed by atoms with Gasteiger partial charge in [-0.1, -0.05) is 19.3 Å². The summed E-state index contributed by atoms with van der Waals surface area (Å²) in [6.07, 6.45) is 1.14. The lowest BCUT2D eigenvalue weighted by molar-refractivity contribution is -0.137. The van der Waals surface area contributed by atoms with Crippen LogP contribution in [0.1, 0.15) is 48.0 Å². The number of nitrogens with one attached hydrogen (secondary N) is 1. The lowest BCUT2D eigenvalue weighted by atomic mass is 9.80. The van der Waals surface area contributed by atoms with Gasteiger partial charge in [0.05, 0.1) is 5.56 Å². The molecule has 23 heavy (non-hydrogen) atoms. The zero-order valence-corrected chi connectivity index (χ0v) is 13.5. The van der Waals surface area contributed by atoms with Crippen molar-refractivity contribution in [1.82, 2.24) is 10.2 Å². The van der Waals surface area contributed by atoms with Crippen LogP contribution in [0, 0.1) is 0 Å². The lowest BCUT2D eigenvalue weighted by Gasteiger charge is -2.43. The van der Waals surface area contributed by atoms with Gasteiger partial charge >= 0.3 is 6.18 Å². The Morgan fingerprint density at radius 2 is 1.70 bits per heavy atom. The van der Waals surface area contributed by atoms with E-state index in [0.29, 0.717) is 6.54 Å². The molecule has 1 N–H and O–H groups in total. The van der Waals surface area contributed by atoms with E-state index in [2.05, 4.69) is 10.2 Å². The van der Waals surface area contributed by atoms with Crippen LogP contribution in [0.15, 0.2) is 24.3 Å². The van der Waals surface area contributed by atoms with E-state index < -0.39 is 11.7 Å². The molecule has 128 valence electrons. The van der Waals surface area contributed by atoms with Gasteiger partial charge in [-0.05, 0) is 51.2 Å². The van der Waals surface area contributed by atoms with Crippen LogP contribution in [0.5, 0.6) is 0 Å². The topological polar surface area (TPSA) is 32.3 Å². The van der Waals surface area contributed by atoms with Crippen molar-refractivity contribution in [2.24, 2.45) is 0 Å². The highest BCUT2D eigenvalue weighted by atomic mass is 19.4. The van der Waals surface area contributed by atoms with E-state index in [4.69, 9.17) is 0 Å². The van der Waals surface area contributed by atoms with Crippen LogP contribution in [0.25, 0.3) is 0 Å². The van der Waals surface area contributed by atoms with E-state index in [9.17, 15) is 18.0 Å². The normalized spacial score (nSPS) is 18.0. The van der Waals surface area contributed by atoms with Gasteiger partial charge in [0.2, 0.25) is 0 Å². The molecule has 0 saturated heterocycles. The van der Waals surface area contributed by atoms with Crippen LogP contribution in [0.2, 0.25) is 0 Å². The number of carbonyl (C=O) groups excluding carboxylic acids is 1. The van der Waals surface area contributed by atoms with E-state index in [1.165, 1.54) is 18.6 Å². The fourth-order valence-electron chi connectivity index (χ4n) is 3.15. The van der Waals surface area contributed by atoms with Crippen LogP contribution >= 0.6 is 0 Å². The molecule has 6 heteroatoms. The minimum atomic E-state index is -4.38. The Kier molecular flexibility index (Phi) is 5.34. The highest BCUT2D eigenvalue weighted by Crippen LogP contribution is 2.32. The number of nitrogens with zero attached hydrogens (tertiary/aromatic N) is 1. The first-order chi connectivity index (χ1) is 10.7. The minimum Gasteiger partial charge on any atom is -0.350 e. The fraction of sp³-hybridized carbons (Fsp3) is 0.588. The number of alkyl halides is 3. The number of hydrogen-bond donors (Lipinski definition) is 1. The molecule has 1 aliphatic carbocycles. The second-order valence-corrected chi connectivity index (χ2v) is 6.44. The maximum Gasteiger partial charge on any atom is 0.416 e. The molecule has 0 aliphatic heterocycles. The Labute approximate surface area is 134 Å². The summed E-state index contributed by atoms with van der Waals surface area (Å²) in [7, 11) is 4.02. The van der Waals surface area contributed by atoms with Gasteiger partial charge in [0, 0.05) is 17.6 Å². The van der Waals surface area contributed by atoms with Crippen LogP contribution < -0.4 is 5.32 Å². The van der Waals surface area contributed by atoms with Gasteiger partial charge in [0.1, 0.15) is 0 Å². The molecule has 0 atom stereocenters. The Morgan fingerprint density at radius 1 is 1.13 bits per heavy atom. The molecule has 2 rings (SSSR count). The summed E-state index contributed by atoms with van der Waals surface area (Å²) in [4.78, 5) is 14.4. The summed E-state index contributed by atoms with van der Waals surface area (Å²) in [6, 6.07) is 4.33. The number of likely N-dealkylation sites (N-methyl/N-ethyl adjacent to an activating group) is 1. The van der Waals surface area contributed by atoms with E-state index in [0.717, 1.165) is 37.8 Å². The molecule has 1 fully saturated rings. The Bertz CT molecular complexity index is 532. The van der Waals surface area contributed by atoms with Gasteiger partial charge in [-0.3, -0.25) is 4.79 Å². The number of amides is 1. The third-order valence-corrected chi connectivity index (χ3v) is 4.79. The summed E-state index contributed by atoms with van der Waals surface area (Å²) in [5, 5.41) is 2.89. The first-order valence-electron chi connectivity index (χ1n) is 7.87. The highest BCUT2D eigenvalue weighted by Gasteiger charge is 2.34. The molecule has 1 amide bonds. The van der Waals surface area contributed by atoms with Crippen molar-refractivity contribution < 1.29 is 18.0 Å². The third-order valence-electron chi connectivity index (χ3n) is 4.79. The SMILES string of the molecule is CN(C)C1(CNC(=O)c2ccc(C(F)(F)F)cc2)CCCCC1. The number of halogens is 3. The largest absolute Gasteiger partial charge is 0.416 e. The molecule has 3 nitrogen and oxygen atoms in total. The van der Waals surface area contributed by atoms with Gasteiger partial charge in [0.15, 0.2) is 0 Å². The summed E-state index contributed by atoms with van der Waals surface area (Å²) in [5.74, 6) is -0.328. The molecule has 0 heterocycles. The monoisotopic (exact) mass is 328 g/mol. The van der Waals surface area contributed by atoms with Crippen molar-refractivity contribution in [2.45, 2.75) is 43.8 Å². The Morgan fingerprint density at radius 3 is 2.17 bits per heavy atom. The predicted octanol–water partition coefficient (Wildman–Crippen LogP) is 3.70. The van der Waals surface area contributed by atoms with E-state index in [-0.39, 0.29) is 17.0 Å². The van der Waals surface area contributed by atoms with Crippen LogP contribution in [-0.2, 0) is 6.18 Å². The van der Waals surface area contributed by atoms with Crippen molar-refractivity contribution >= 4 is 5.91 Å². The van der Waals surface area contributed by atoms with E-state index in [1.807, 2.05) is 14.1 Å². The van der Waals surface area contributed by atoms with Crippen molar-refractivity contribution in [3.8, 4) is 0 Å². The predicted molar refractivity (Wildman–Crippen MR) is 83.3 cm³/mol. The smallest absolute Gasteiger partial charge is 0.350 e. The second kappa shape index (κ2) is 6.91. The van der Waals surface area contributed by atoms with Crippen molar-refractivity contribution in [1.29, 1.82) is 0 Å². The molecular formula is C17H23F3N2O. The average Bonchev–Trinajstić information content (AvgIpc) is 2.52. The Hall–Kier alpha value is -1.56. The zero-order chi connectivity index (χ0) is 17.1. The second-order valence-electron chi connectivity index (χ2n) is 6.44. The van der Waals surface area contributed by atoms with Crippen LogP contribution in [0.4, 0.5) is 13.2 Å². The molecule has 1 aromatic carbocycles. The van der Waals surface area contributed by atoms with Crippen LogP contribution in [-0.4, -0.2) is 37.0 Å². The lowest BCUT2D eigenvalue weighted by Crippen LogP contribution is -2.53. The van der Waals surface area contributed by atoms with Gasteiger partial charge in [-0.15, -0.1) is 0 Å². The Balaban J connectivity index is 2.01. The summed E-state index contributed by atoms with van der Waals surface area (Å²) in [6.45, 7) is 0.514. The molecule has 0 radical (unpaired) electrons. The van der Waals surface area contributed by atoms with Gasteiger partial charge in [0.25, 0.3) is 5.91 Å². The quantitative estimate of drug-likeness (QED) is 0.914. The number of hydrogen-bond acceptors (Lipinski definition) is 2. The molecular weight excluding hydrogens is 305 g/mol. The number of rotatable bonds is 4. The summed E-state index contributed by atoms with van der Waals surface area (Å²) in [5.41, 5.74) is -0.548. The summed E-state index contributed by atoms with van der Waals surface area (Å²) >= 11 is 0. The first-order valence-corrected chi connectivity index (χ1v) is 7.87. The average molecular weight is 328 g/mol. The fourth-order valence-corrected chi connectivity index (χ4v) is 3.15. The maximum atomic E-state index is 12.5. The standard InChI is InChI=1S/C17H23F3N2O/c1-22(2)16(10-4-3-5-11-16)12-21-15(23)13-6-8-14(9-7-13)17(18,19)20/h6-9H,3-5,10-12H2,1-2H3,(H,21,23).